The van der Waals surface area contributed by atoms with Gasteiger partial charge in [0.1, 0.15) is 43.8 Å². The van der Waals surface area contributed by atoms with E-state index in [0.29, 0.717) is 13.2 Å². The van der Waals surface area contributed by atoms with Gasteiger partial charge in [0.2, 0.25) is 0 Å². The molecule has 1 aromatic heterocycles. The molecule has 175 valence electrons. The smallest absolute Gasteiger partial charge is 0.134 e. The molecule has 1 radical (unpaired) electrons. The van der Waals surface area contributed by atoms with E-state index in [9.17, 15) is 0 Å². The summed E-state index contributed by atoms with van der Waals surface area (Å²) in [4.78, 5) is 4.97. The van der Waals surface area contributed by atoms with Crippen LogP contribution in [0.5, 0.6) is 11.5 Å². The molecular weight excluding hydrogens is 451 g/mol. The molecule has 0 aliphatic heterocycles. The number of nitrogens with zero attached hydrogens (tertiary/aromatic N) is 2. The molecule has 0 N–H and O–H groups in total. The van der Waals surface area contributed by atoms with Crippen molar-refractivity contribution in [2.75, 3.05) is 13.7 Å². The largest absolute Gasteiger partial charge is 0.489 e. The molecule has 6 nitrogen and oxygen atoms in total. The van der Waals surface area contributed by atoms with Crippen molar-refractivity contribution in [3.63, 3.8) is 0 Å². The Morgan fingerprint density at radius 2 is 1.57 bits per heavy atom. The molecule has 0 amide bonds. The van der Waals surface area contributed by atoms with Gasteiger partial charge in [-0.15, -0.1) is 0 Å². The van der Waals surface area contributed by atoms with Crippen LogP contribution in [0.15, 0.2) is 101 Å². The van der Waals surface area contributed by atoms with E-state index in [1.54, 1.807) is 6.26 Å². The summed E-state index contributed by atoms with van der Waals surface area (Å²) in [5.41, 5.74) is 4.89. The van der Waals surface area contributed by atoms with Crippen molar-refractivity contribution in [3.8, 4) is 11.5 Å². The van der Waals surface area contributed by atoms with Crippen molar-refractivity contribution in [1.29, 1.82) is 0 Å². The second-order valence-corrected chi connectivity index (χ2v) is 7.76. The molecule has 1 atom stereocenters. The van der Waals surface area contributed by atoms with Crippen LogP contribution >= 0.6 is 0 Å². The second-order valence-electron chi connectivity index (χ2n) is 7.76. The zero-order chi connectivity index (χ0) is 23.6. The third kappa shape index (κ3) is 7.46. The third-order valence-electron chi connectivity index (χ3n) is 5.52. The maximum Gasteiger partial charge on any atom is 0.134 e. The molecule has 4 aromatic rings. The van der Waals surface area contributed by atoms with Crippen LogP contribution in [0.1, 0.15) is 41.6 Å². The molecule has 0 aliphatic rings. The predicted octanol–water partition coefficient (Wildman–Crippen LogP) is 5.84. The fourth-order valence-electron chi connectivity index (χ4n) is 3.72. The zero-order valence-corrected chi connectivity index (χ0v) is 22.4. The summed E-state index contributed by atoms with van der Waals surface area (Å²) in [7, 11) is 1.53. The first-order chi connectivity index (χ1) is 16.8. The number of ether oxygens (including phenoxy) is 2. The van der Waals surface area contributed by atoms with E-state index in [2.05, 4.69) is 29.4 Å². The minimum absolute atomic E-state index is 0. The molecule has 0 saturated carbocycles. The number of aromatic nitrogens is 1. The van der Waals surface area contributed by atoms with Gasteiger partial charge in [-0.1, -0.05) is 71.8 Å². The Kier molecular flexibility index (Phi) is 10.4. The van der Waals surface area contributed by atoms with E-state index in [1.165, 1.54) is 12.7 Å². The summed E-state index contributed by atoms with van der Waals surface area (Å²) in [5.74, 6) is 1.80. The van der Waals surface area contributed by atoms with Gasteiger partial charge in [0.25, 0.3) is 0 Å². The Bertz CT molecular complexity index is 1160. The average Bonchev–Trinajstić information content (AvgIpc) is 3.42. The normalized spacial score (nSPS) is 11.9. The molecule has 0 spiro atoms. The molecule has 1 unspecified atom stereocenters. The molecule has 0 aliphatic carbocycles. The molecule has 7 heteroatoms. The van der Waals surface area contributed by atoms with Crippen LogP contribution in [0.3, 0.4) is 0 Å². The summed E-state index contributed by atoms with van der Waals surface area (Å²) < 4.78 is 16.9. The number of benzene rings is 3. The Labute approximate surface area is 228 Å². The SMILES string of the molecule is CCC(c1ccc(OCc2ccc(OC/C(=N\OC)c3ccccc3)cc2)cc1)c1ccon1.[Na]. The standard InChI is InChI=1S/C28H28N2O4.Na/c1-3-26(27-17-18-34-30-27)22-11-15-25(16-12-22)32-19-21-9-13-24(14-10-21)33-20-28(29-31-2)23-7-5-4-6-8-23;/h4-18,26H,3,19-20H2,1-2H3;/b29-28+;. The summed E-state index contributed by atoms with van der Waals surface area (Å²) in [6.45, 7) is 2.93. The summed E-state index contributed by atoms with van der Waals surface area (Å²) >= 11 is 0. The first-order valence-electron chi connectivity index (χ1n) is 11.3. The Hall–Kier alpha value is -3.06. The fraction of sp³-hybridized carbons (Fsp3) is 0.214. The third-order valence-corrected chi connectivity index (χ3v) is 5.52. The van der Waals surface area contributed by atoms with Gasteiger partial charge < -0.3 is 18.8 Å². The van der Waals surface area contributed by atoms with E-state index in [4.69, 9.17) is 18.8 Å². The zero-order valence-electron chi connectivity index (χ0n) is 20.4. The van der Waals surface area contributed by atoms with Crippen molar-refractivity contribution in [3.05, 3.63) is 114 Å². The first-order valence-corrected chi connectivity index (χ1v) is 11.3. The van der Waals surface area contributed by atoms with Crippen LogP contribution in [0.2, 0.25) is 0 Å². The fourth-order valence-corrected chi connectivity index (χ4v) is 3.72. The molecular formula is C28H28N2NaO4. The predicted molar refractivity (Wildman–Crippen MR) is 137 cm³/mol. The van der Waals surface area contributed by atoms with Gasteiger partial charge in [-0.25, -0.2) is 0 Å². The topological polar surface area (TPSA) is 66.1 Å². The van der Waals surface area contributed by atoms with E-state index in [0.717, 1.165) is 40.5 Å². The molecule has 1 heterocycles. The molecule has 35 heavy (non-hydrogen) atoms. The van der Waals surface area contributed by atoms with Crippen molar-refractivity contribution in [2.45, 2.75) is 25.9 Å². The van der Waals surface area contributed by atoms with Gasteiger partial charge in [-0.05, 0) is 41.8 Å². The van der Waals surface area contributed by atoms with Crippen molar-refractivity contribution < 1.29 is 18.8 Å². The molecule has 4 rings (SSSR count). The minimum Gasteiger partial charge on any atom is -0.489 e. The molecule has 0 bridgehead atoms. The molecule has 3 aromatic carbocycles. The van der Waals surface area contributed by atoms with Crippen LogP contribution < -0.4 is 9.47 Å². The van der Waals surface area contributed by atoms with Crippen LogP contribution in [-0.4, -0.2) is 54.1 Å². The maximum atomic E-state index is 5.97. The molecule has 0 fully saturated rings. The van der Waals surface area contributed by atoms with Gasteiger partial charge in [0.15, 0.2) is 0 Å². The summed E-state index contributed by atoms with van der Waals surface area (Å²) in [5, 5.41) is 8.18. The maximum absolute atomic E-state index is 5.97. The number of rotatable bonds is 11. The van der Waals surface area contributed by atoms with Crippen LogP contribution in [0, 0.1) is 0 Å². The number of hydrogen-bond acceptors (Lipinski definition) is 6. The van der Waals surface area contributed by atoms with Gasteiger partial charge in [-0.2, -0.15) is 0 Å². The average molecular weight is 480 g/mol. The van der Waals surface area contributed by atoms with Crippen LogP contribution in [0.4, 0.5) is 0 Å². The minimum atomic E-state index is 0. The Morgan fingerprint density at radius 1 is 0.886 bits per heavy atom. The van der Waals surface area contributed by atoms with Crippen LogP contribution in [0.25, 0.3) is 0 Å². The van der Waals surface area contributed by atoms with E-state index >= 15 is 0 Å². The summed E-state index contributed by atoms with van der Waals surface area (Å²) in [6, 6.07) is 27.8. The quantitative estimate of drug-likeness (QED) is 0.154. The number of hydrogen-bond donors (Lipinski definition) is 0. The Morgan fingerprint density at radius 3 is 2.20 bits per heavy atom. The number of oxime groups is 1. The Balaban J connectivity index is 0.00000342. The van der Waals surface area contributed by atoms with Gasteiger partial charge in [0, 0.05) is 47.1 Å². The first kappa shape index (κ1) is 26.5. The van der Waals surface area contributed by atoms with Crippen LogP contribution in [-0.2, 0) is 11.4 Å². The van der Waals surface area contributed by atoms with Crippen molar-refractivity contribution in [1.82, 2.24) is 5.16 Å². The van der Waals surface area contributed by atoms with Gasteiger partial charge in [0.05, 0.1) is 5.69 Å². The van der Waals surface area contributed by atoms with E-state index in [1.807, 2.05) is 72.8 Å². The monoisotopic (exact) mass is 479 g/mol. The van der Waals surface area contributed by atoms with Crippen molar-refractivity contribution in [2.24, 2.45) is 5.16 Å². The van der Waals surface area contributed by atoms with Gasteiger partial charge >= 0.3 is 0 Å². The van der Waals surface area contributed by atoms with E-state index in [-0.39, 0.29) is 35.5 Å². The molecule has 0 saturated heterocycles. The van der Waals surface area contributed by atoms with Gasteiger partial charge in [-0.3, -0.25) is 0 Å². The van der Waals surface area contributed by atoms with E-state index < -0.39 is 0 Å². The van der Waals surface area contributed by atoms with Crippen molar-refractivity contribution >= 4 is 35.3 Å². The summed E-state index contributed by atoms with van der Waals surface area (Å²) in [6.07, 6.45) is 2.56. The second kappa shape index (κ2) is 13.7.